The van der Waals surface area contributed by atoms with Crippen LogP contribution in [0, 0.1) is 0 Å². The van der Waals surface area contributed by atoms with E-state index in [2.05, 4.69) is 5.32 Å². The number of nitrogens with one attached hydrogen (secondary N) is 1. The van der Waals surface area contributed by atoms with Crippen LogP contribution in [-0.2, 0) is 16.4 Å². The van der Waals surface area contributed by atoms with E-state index in [-0.39, 0.29) is 5.75 Å². The lowest BCUT2D eigenvalue weighted by Crippen LogP contribution is -2.21. The Balaban J connectivity index is 2.37. The van der Waals surface area contributed by atoms with E-state index in [1.54, 1.807) is 0 Å². The molecule has 0 spiro atoms. The van der Waals surface area contributed by atoms with E-state index in [1.165, 1.54) is 11.8 Å². The topological polar surface area (TPSA) is 46.2 Å². The summed E-state index contributed by atoms with van der Waals surface area (Å²) >= 11 is 0. The summed E-state index contributed by atoms with van der Waals surface area (Å²) in [6.45, 7) is 3.18. The Morgan fingerprint density at radius 2 is 1.88 bits per heavy atom. The number of sulfone groups is 1. The number of allylic oxidation sites excluding steroid dienone is 1. The Bertz CT molecular complexity index is 461. The first-order valence-electron chi connectivity index (χ1n) is 5.61. The molecule has 3 nitrogen and oxygen atoms in total. The van der Waals surface area contributed by atoms with Crippen molar-refractivity contribution >= 4 is 15.9 Å². The molecule has 1 rings (SSSR count). The van der Waals surface area contributed by atoms with Crippen LogP contribution in [0.3, 0.4) is 0 Å². The maximum absolute atomic E-state index is 10.9. The molecule has 1 aromatic carbocycles. The van der Waals surface area contributed by atoms with E-state index in [0.29, 0.717) is 13.1 Å². The monoisotopic (exact) mass is 253 g/mol. The Labute approximate surface area is 103 Å². The molecule has 0 fully saturated rings. The van der Waals surface area contributed by atoms with Crippen molar-refractivity contribution in [1.29, 1.82) is 0 Å². The zero-order chi connectivity index (χ0) is 12.7. The van der Waals surface area contributed by atoms with Gasteiger partial charge in [-0.15, -0.1) is 0 Å². The van der Waals surface area contributed by atoms with Crippen LogP contribution in [0.5, 0.6) is 0 Å². The van der Waals surface area contributed by atoms with Crippen molar-refractivity contribution in [2.75, 3.05) is 18.6 Å². The van der Waals surface area contributed by atoms with Crippen LogP contribution in [0.4, 0.5) is 0 Å². The first kappa shape index (κ1) is 13.9. The standard InChI is InChI=1S/C13H19NO2S/c1-3-4-12-5-7-13(8-6-12)11-14-9-10-17(2,15)16/h3-8,14H,9-11H2,1-2H3/b4-3+. The predicted molar refractivity (Wildman–Crippen MR) is 72.6 cm³/mol. The van der Waals surface area contributed by atoms with Gasteiger partial charge in [0, 0.05) is 19.3 Å². The van der Waals surface area contributed by atoms with Crippen LogP contribution in [0.15, 0.2) is 30.3 Å². The molecule has 0 unspecified atom stereocenters. The van der Waals surface area contributed by atoms with Crippen LogP contribution in [0.1, 0.15) is 18.1 Å². The summed E-state index contributed by atoms with van der Waals surface area (Å²) in [6, 6.07) is 8.19. The Kier molecular flexibility index (Phi) is 5.38. The second-order valence-corrected chi connectivity index (χ2v) is 6.31. The fourth-order valence-electron chi connectivity index (χ4n) is 1.43. The van der Waals surface area contributed by atoms with E-state index in [4.69, 9.17) is 0 Å². The number of hydrogen-bond acceptors (Lipinski definition) is 3. The van der Waals surface area contributed by atoms with E-state index < -0.39 is 9.84 Å². The van der Waals surface area contributed by atoms with Gasteiger partial charge in [-0.25, -0.2) is 8.42 Å². The summed E-state index contributed by atoms with van der Waals surface area (Å²) in [6.07, 6.45) is 5.29. The van der Waals surface area contributed by atoms with Crippen molar-refractivity contribution in [3.63, 3.8) is 0 Å². The van der Waals surface area contributed by atoms with Crippen molar-refractivity contribution in [2.24, 2.45) is 0 Å². The molecule has 0 aliphatic heterocycles. The lowest BCUT2D eigenvalue weighted by Gasteiger charge is -2.04. The molecule has 0 bridgehead atoms. The molecule has 17 heavy (non-hydrogen) atoms. The molecular formula is C13H19NO2S. The normalized spacial score (nSPS) is 12.1. The lowest BCUT2D eigenvalue weighted by molar-refractivity contribution is 0.596. The van der Waals surface area contributed by atoms with Gasteiger partial charge in [-0.3, -0.25) is 0 Å². The average Bonchev–Trinajstić information content (AvgIpc) is 2.26. The Hall–Kier alpha value is -1.13. The van der Waals surface area contributed by atoms with Crippen LogP contribution in [0.25, 0.3) is 6.08 Å². The molecule has 0 aliphatic carbocycles. The van der Waals surface area contributed by atoms with Crippen LogP contribution in [-0.4, -0.2) is 27.0 Å². The van der Waals surface area contributed by atoms with E-state index in [0.717, 1.165) is 5.56 Å². The Morgan fingerprint density at radius 1 is 1.24 bits per heavy atom. The number of benzene rings is 1. The Morgan fingerprint density at radius 3 is 2.41 bits per heavy atom. The summed E-state index contributed by atoms with van der Waals surface area (Å²) in [4.78, 5) is 0. The van der Waals surface area contributed by atoms with Crippen molar-refractivity contribution in [3.8, 4) is 0 Å². The molecule has 0 aromatic heterocycles. The molecule has 4 heteroatoms. The fourth-order valence-corrected chi connectivity index (χ4v) is 1.94. The quantitative estimate of drug-likeness (QED) is 0.787. The summed E-state index contributed by atoms with van der Waals surface area (Å²) in [5.41, 5.74) is 2.33. The predicted octanol–water partition coefficient (Wildman–Crippen LogP) is 1.85. The summed E-state index contributed by atoms with van der Waals surface area (Å²) in [5, 5.41) is 3.11. The largest absolute Gasteiger partial charge is 0.312 e. The lowest BCUT2D eigenvalue weighted by atomic mass is 10.1. The zero-order valence-electron chi connectivity index (χ0n) is 10.3. The molecule has 0 saturated carbocycles. The van der Waals surface area contributed by atoms with Gasteiger partial charge in [-0.1, -0.05) is 36.4 Å². The second-order valence-electron chi connectivity index (χ2n) is 4.05. The maximum Gasteiger partial charge on any atom is 0.148 e. The minimum Gasteiger partial charge on any atom is -0.312 e. The van der Waals surface area contributed by atoms with Gasteiger partial charge in [-0.2, -0.15) is 0 Å². The van der Waals surface area contributed by atoms with Crippen LogP contribution in [0.2, 0.25) is 0 Å². The van der Waals surface area contributed by atoms with Gasteiger partial charge in [0.2, 0.25) is 0 Å². The minimum atomic E-state index is -2.86. The third kappa shape index (κ3) is 6.24. The van der Waals surface area contributed by atoms with Gasteiger partial charge >= 0.3 is 0 Å². The summed E-state index contributed by atoms with van der Waals surface area (Å²) < 4.78 is 21.8. The highest BCUT2D eigenvalue weighted by molar-refractivity contribution is 7.90. The number of rotatable bonds is 6. The van der Waals surface area contributed by atoms with E-state index >= 15 is 0 Å². The SMILES string of the molecule is C/C=C/c1ccc(CNCCS(C)(=O)=O)cc1. The molecule has 0 aliphatic rings. The van der Waals surface area contributed by atoms with Crippen molar-refractivity contribution < 1.29 is 8.42 Å². The highest BCUT2D eigenvalue weighted by Crippen LogP contribution is 2.05. The zero-order valence-corrected chi connectivity index (χ0v) is 11.1. The van der Waals surface area contributed by atoms with Gasteiger partial charge in [0.25, 0.3) is 0 Å². The van der Waals surface area contributed by atoms with E-state index in [9.17, 15) is 8.42 Å². The summed E-state index contributed by atoms with van der Waals surface area (Å²) in [5.74, 6) is 0.184. The minimum absolute atomic E-state index is 0.184. The number of hydrogen-bond donors (Lipinski definition) is 1. The summed E-state index contributed by atoms with van der Waals surface area (Å²) in [7, 11) is -2.86. The molecule has 1 N–H and O–H groups in total. The molecule has 94 valence electrons. The van der Waals surface area contributed by atoms with Crippen molar-refractivity contribution in [1.82, 2.24) is 5.32 Å². The maximum atomic E-state index is 10.9. The molecule has 0 radical (unpaired) electrons. The van der Waals surface area contributed by atoms with Crippen molar-refractivity contribution in [2.45, 2.75) is 13.5 Å². The fraction of sp³-hybridized carbons (Fsp3) is 0.385. The first-order valence-corrected chi connectivity index (χ1v) is 7.67. The molecule has 0 amide bonds. The van der Waals surface area contributed by atoms with Gasteiger partial charge in [0.05, 0.1) is 5.75 Å². The second kappa shape index (κ2) is 6.57. The van der Waals surface area contributed by atoms with E-state index in [1.807, 2.05) is 43.3 Å². The molecule has 0 heterocycles. The van der Waals surface area contributed by atoms with Crippen LogP contribution >= 0.6 is 0 Å². The van der Waals surface area contributed by atoms with Crippen LogP contribution < -0.4 is 5.32 Å². The van der Waals surface area contributed by atoms with Gasteiger partial charge < -0.3 is 5.32 Å². The third-order valence-electron chi connectivity index (χ3n) is 2.32. The van der Waals surface area contributed by atoms with Gasteiger partial charge in [-0.05, 0) is 18.1 Å². The van der Waals surface area contributed by atoms with Gasteiger partial charge in [0.1, 0.15) is 9.84 Å². The molecule has 0 saturated heterocycles. The molecular weight excluding hydrogens is 234 g/mol. The van der Waals surface area contributed by atoms with Gasteiger partial charge in [0.15, 0.2) is 0 Å². The van der Waals surface area contributed by atoms with Crippen molar-refractivity contribution in [3.05, 3.63) is 41.5 Å². The third-order valence-corrected chi connectivity index (χ3v) is 3.26. The smallest absolute Gasteiger partial charge is 0.148 e. The molecule has 1 aromatic rings. The highest BCUT2D eigenvalue weighted by Gasteiger charge is 2.00. The first-order chi connectivity index (χ1) is 8.01. The highest BCUT2D eigenvalue weighted by atomic mass is 32.2. The molecule has 0 atom stereocenters. The average molecular weight is 253 g/mol.